The van der Waals surface area contributed by atoms with E-state index in [0.29, 0.717) is 31.7 Å². The third-order valence-electron chi connectivity index (χ3n) is 3.08. The maximum absolute atomic E-state index is 11.9. The fourth-order valence-corrected chi connectivity index (χ4v) is 2.00. The van der Waals surface area contributed by atoms with Gasteiger partial charge in [-0.05, 0) is 12.8 Å². The van der Waals surface area contributed by atoms with Gasteiger partial charge in [-0.15, -0.1) is 0 Å². The van der Waals surface area contributed by atoms with Crippen molar-refractivity contribution in [1.82, 2.24) is 14.7 Å². The second-order valence-electron chi connectivity index (χ2n) is 4.40. The normalized spacial score (nSPS) is 16.6. The fraction of sp³-hybridized carbons (Fsp3) is 0.545. The molecule has 1 aliphatic rings. The summed E-state index contributed by atoms with van der Waals surface area (Å²) in [5.41, 5.74) is 0. The third-order valence-corrected chi connectivity index (χ3v) is 3.08. The fourth-order valence-electron chi connectivity index (χ4n) is 2.00. The summed E-state index contributed by atoms with van der Waals surface area (Å²) in [5, 5.41) is 15.6. The molecule has 98 valence electrons. The molecule has 0 aromatic carbocycles. The average molecular weight is 252 g/mol. The van der Waals surface area contributed by atoms with E-state index < -0.39 is 5.97 Å². The predicted molar refractivity (Wildman–Crippen MR) is 64.2 cm³/mol. The van der Waals surface area contributed by atoms with Gasteiger partial charge < -0.3 is 10.0 Å². The highest BCUT2D eigenvalue weighted by Gasteiger charge is 2.27. The number of hydrogen-bond donors (Lipinski definition) is 2. The first kappa shape index (κ1) is 12.4. The van der Waals surface area contributed by atoms with Crippen LogP contribution in [-0.2, 0) is 11.8 Å². The van der Waals surface area contributed by atoms with Crippen LogP contribution in [0.25, 0.3) is 0 Å². The molecule has 0 bridgehead atoms. The van der Waals surface area contributed by atoms with Gasteiger partial charge in [0.1, 0.15) is 0 Å². The van der Waals surface area contributed by atoms with Gasteiger partial charge in [0.05, 0.1) is 5.92 Å². The molecule has 0 aliphatic carbocycles. The van der Waals surface area contributed by atoms with Crippen LogP contribution in [0.1, 0.15) is 12.8 Å². The molecule has 1 aromatic rings. The highest BCUT2D eigenvalue weighted by molar-refractivity contribution is 5.88. The monoisotopic (exact) mass is 252 g/mol. The Balaban J connectivity index is 1.86. The van der Waals surface area contributed by atoms with Gasteiger partial charge in [-0.25, -0.2) is 4.79 Å². The van der Waals surface area contributed by atoms with Crippen molar-refractivity contribution in [2.24, 2.45) is 13.0 Å². The summed E-state index contributed by atoms with van der Waals surface area (Å²) >= 11 is 0. The van der Waals surface area contributed by atoms with E-state index in [2.05, 4.69) is 10.4 Å². The van der Waals surface area contributed by atoms with E-state index in [0.717, 1.165) is 0 Å². The summed E-state index contributed by atoms with van der Waals surface area (Å²) < 4.78 is 1.60. The van der Waals surface area contributed by atoms with Crippen LogP contribution in [0, 0.1) is 5.92 Å². The molecular weight excluding hydrogens is 236 g/mol. The molecule has 0 atom stereocenters. The number of nitrogens with zero attached hydrogens (tertiary/aromatic N) is 3. The predicted octanol–water partition coefficient (Wildman–Crippen LogP) is 0.749. The number of amides is 2. The molecule has 1 fully saturated rings. The quantitative estimate of drug-likeness (QED) is 0.813. The van der Waals surface area contributed by atoms with Crippen LogP contribution in [0.5, 0.6) is 0 Å². The summed E-state index contributed by atoms with van der Waals surface area (Å²) in [4.78, 5) is 24.3. The molecule has 0 saturated carbocycles. The van der Waals surface area contributed by atoms with Crippen LogP contribution in [0.2, 0.25) is 0 Å². The minimum atomic E-state index is -0.778. The van der Waals surface area contributed by atoms with Gasteiger partial charge in [0.2, 0.25) is 0 Å². The van der Waals surface area contributed by atoms with Gasteiger partial charge in [-0.2, -0.15) is 5.10 Å². The Morgan fingerprint density at radius 1 is 1.44 bits per heavy atom. The first-order valence-corrected chi connectivity index (χ1v) is 5.84. The van der Waals surface area contributed by atoms with Crippen molar-refractivity contribution in [3.05, 3.63) is 12.3 Å². The number of piperidine rings is 1. The minimum Gasteiger partial charge on any atom is -0.481 e. The number of aryl methyl sites for hydroxylation is 1. The Morgan fingerprint density at radius 3 is 2.61 bits per heavy atom. The number of carbonyl (C=O) groups is 2. The maximum atomic E-state index is 11.9. The molecule has 18 heavy (non-hydrogen) atoms. The molecule has 0 spiro atoms. The molecule has 1 aromatic heterocycles. The Labute approximate surface area is 104 Å². The lowest BCUT2D eigenvalue weighted by Gasteiger charge is -2.29. The summed E-state index contributed by atoms with van der Waals surface area (Å²) in [6.07, 6.45) is 2.75. The highest BCUT2D eigenvalue weighted by Crippen LogP contribution is 2.18. The van der Waals surface area contributed by atoms with Crippen molar-refractivity contribution in [3.63, 3.8) is 0 Å². The molecule has 2 rings (SSSR count). The second kappa shape index (κ2) is 5.07. The molecule has 7 nitrogen and oxygen atoms in total. The number of urea groups is 1. The van der Waals surface area contributed by atoms with Gasteiger partial charge in [-0.3, -0.25) is 14.8 Å². The van der Waals surface area contributed by atoms with Crippen LogP contribution in [0.4, 0.5) is 10.6 Å². The Bertz CT molecular complexity index is 449. The molecule has 2 heterocycles. The number of rotatable bonds is 2. The Morgan fingerprint density at radius 2 is 2.11 bits per heavy atom. The number of carboxylic acid groups (broad SMARTS) is 1. The smallest absolute Gasteiger partial charge is 0.323 e. The number of nitrogens with one attached hydrogen (secondary N) is 1. The minimum absolute atomic E-state index is 0.225. The largest absolute Gasteiger partial charge is 0.481 e. The van der Waals surface area contributed by atoms with Crippen molar-refractivity contribution in [3.8, 4) is 0 Å². The van der Waals surface area contributed by atoms with Crippen molar-refractivity contribution in [2.75, 3.05) is 18.4 Å². The Kier molecular flexibility index (Phi) is 3.50. The number of carboxylic acids is 1. The van der Waals surface area contributed by atoms with E-state index in [1.54, 1.807) is 28.9 Å². The van der Waals surface area contributed by atoms with Gasteiger partial charge in [0.15, 0.2) is 5.82 Å². The van der Waals surface area contributed by atoms with E-state index in [-0.39, 0.29) is 11.9 Å². The number of likely N-dealkylation sites (tertiary alicyclic amines) is 1. The summed E-state index contributed by atoms with van der Waals surface area (Å²) in [7, 11) is 1.77. The summed E-state index contributed by atoms with van der Waals surface area (Å²) in [5.74, 6) is -0.605. The molecule has 0 unspecified atom stereocenters. The standard InChI is InChI=1S/C11H16N4O3/c1-14-5-4-9(13-14)12-11(18)15-6-2-8(3-7-15)10(16)17/h4-5,8H,2-3,6-7H2,1H3,(H,16,17)(H,12,13,18). The molecule has 7 heteroatoms. The second-order valence-corrected chi connectivity index (χ2v) is 4.40. The van der Waals surface area contributed by atoms with Crippen molar-refractivity contribution < 1.29 is 14.7 Å². The lowest BCUT2D eigenvalue weighted by atomic mass is 9.97. The Hall–Kier alpha value is -2.05. The molecule has 2 N–H and O–H groups in total. The number of aromatic nitrogens is 2. The molecule has 1 aliphatic heterocycles. The average Bonchev–Trinajstić information content (AvgIpc) is 2.75. The van der Waals surface area contributed by atoms with Gasteiger partial charge >= 0.3 is 12.0 Å². The first-order valence-electron chi connectivity index (χ1n) is 5.84. The molecule has 1 saturated heterocycles. The van der Waals surface area contributed by atoms with Crippen molar-refractivity contribution >= 4 is 17.8 Å². The zero-order valence-corrected chi connectivity index (χ0v) is 10.2. The lowest BCUT2D eigenvalue weighted by molar-refractivity contribution is -0.143. The highest BCUT2D eigenvalue weighted by atomic mass is 16.4. The van der Waals surface area contributed by atoms with Crippen LogP contribution in [0.3, 0.4) is 0 Å². The topological polar surface area (TPSA) is 87.5 Å². The summed E-state index contributed by atoms with van der Waals surface area (Å²) in [6, 6.07) is 1.49. The number of hydrogen-bond acceptors (Lipinski definition) is 3. The molecular formula is C11H16N4O3. The number of anilines is 1. The summed E-state index contributed by atoms with van der Waals surface area (Å²) in [6.45, 7) is 0.936. The number of carbonyl (C=O) groups excluding carboxylic acids is 1. The van der Waals surface area contributed by atoms with Crippen molar-refractivity contribution in [2.45, 2.75) is 12.8 Å². The van der Waals surface area contributed by atoms with Crippen LogP contribution in [-0.4, -0.2) is 44.9 Å². The van der Waals surface area contributed by atoms with E-state index in [1.807, 2.05) is 0 Å². The van der Waals surface area contributed by atoms with Gasteiger partial charge in [0, 0.05) is 32.4 Å². The zero-order chi connectivity index (χ0) is 13.1. The SMILES string of the molecule is Cn1ccc(NC(=O)N2CCC(C(=O)O)CC2)n1. The molecule has 0 radical (unpaired) electrons. The van der Waals surface area contributed by atoms with E-state index >= 15 is 0 Å². The third kappa shape index (κ3) is 2.79. The van der Waals surface area contributed by atoms with Crippen LogP contribution < -0.4 is 5.32 Å². The van der Waals surface area contributed by atoms with E-state index in [1.165, 1.54) is 0 Å². The van der Waals surface area contributed by atoms with Crippen LogP contribution in [0.15, 0.2) is 12.3 Å². The van der Waals surface area contributed by atoms with E-state index in [4.69, 9.17) is 5.11 Å². The van der Waals surface area contributed by atoms with Gasteiger partial charge in [0.25, 0.3) is 0 Å². The van der Waals surface area contributed by atoms with Crippen LogP contribution >= 0.6 is 0 Å². The number of aliphatic carboxylic acids is 1. The maximum Gasteiger partial charge on any atom is 0.323 e. The zero-order valence-electron chi connectivity index (χ0n) is 10.2. The molecule has 2 amide bonds. The first-order chi connectivity index (χ1) is 8.56. The lowest BCUT2D eigenvalue weighted by Crippen LogP contribution is -2.42. The van der Waals surface area contributed by atoms with Gasteiger partial charge in [-0.1, -0.05) is 0 Å². The van der Waals surface area contributed by atoms with E-state index in [9.17, 15) is 9.59 Å². The van der Waals surface area contributed by atoms with Crippen molar-refractivity contribution in [1.29, 1.82) is 0 Å².